The number of ether oxygens (including phenoxy) is 9. The lowest BCUT2D eigenvalue weighted by molar-refractivity contribution is -0.163. The number of rotatable bonds is 15. The summed E-state index contributed by atoms with van der Waals surface area (Å²) in [5.74, 6) is 0.949. The van der Waals surface area contributed by atoms with E-state index in [1.165, 1.54) is 29.8 Å². The first-order chi connectivity index (χ1) is 36.9. The Kier molecular flexibility index (Phi) is 18.2. The van der Waals surface area contributed by atoms with E-state index in [9.17, 15) is 9.18 Å². The summed E-state index contributed by atoms with van der Waals surface area (Å²) in [6.07, 6.45) is 1.18. The van der Waals surface area contributed by atoms with E-state index in [0.29, 0.717) is 135 Å². The minimum atomic E-state index is -1.28. The molecule has 16 nitrogen and oxygen atoms in total. The largest absolute Gasteiger partial charge is 0.490 e. The molecule has 10 rings (SSSR count). The van der Waals surface area contributed by atoms with Crippen molar-refractivity contribution in [3.05, 3.63) is 105 Å². The maximum absolute atomic E-state index is 14.6. The van der Waals surface area contributed by atoms with Gasteiger partial charge in [-0.2, -0.15) is 0 Å². The Morgan fingerprint density at radius 1 is 0.870 bits per heavy atom. The monoisotopic (exact) mass is 1120 g/mol. The molecule has 4 bridgehead atoms. The van der Waals surface area contributed by atoms with Crippen molar-refractivity contribution in [3.63, 3.8) is 0 Å². The molecule has 2 fully saturated rings. The molecule has 412 valence electrons. The predicted molar refractivity (Wildman–Crippen MR) is 294 cm³/mol. The molecule has 20 heteroatoms. The van der Waals surface area contributed by atoms with Crippen LogP contribution in [0.15, 0.2) is 61.1 Å². The molecule has 4 aliphatic heterocycles. The Morgan fingerprint density at radius 3 is 2.35 bits per heavy atom. The van der Waals surface area contributed by atoms with Gasteiger partial charge < -0.3 is 47.5 Å². The zero-order valence-corrected chi connectivity index (χ0v) is 47.2. The number of benzene rings is 3. The van der Waals surface area contributed by atoms with Crippen LogP contribution in [-0.2, 0) is 46.9 Å². The molecule has 0 N–H and O–H groups in total. The van der Waals surface area contributed by atoms with Gasteiger partial charge in [0.25, 0.3) is 0 Å². The molecule has 6 aromatic rings. The van der Waals surface area contributed by atoms with E-state index < -0.39 is 29.2 Å². The van der Waals surface area contributed by atoms with Gasteiger partial charge >= 0.3 is 5.97 Å². The topological polar surface area (TPSA) is 158 Å². The molecule has 3 aromatic carbocycles. The number of halogens is 3. The molecule has 0 spiro atoms. The van der Waals surface area contributed by atoms with Crippen molar-refractivity contribution in [2.45, 2.75) is 90.8 Å². The minimum Gasteiger partial charge on any atom is -0.490 e. The van der Waals surface area contributed by atoms with Gasteiger partial charge in [0.15, 0.2) is 5.75 Å². The molecule has 0 radical (unpaired) electrons. The fourth-order valence-electron chi connectivity index (χ4n) is 9.39. The van der Waals surface area contributed by atoms with Crippen LogP contribution in [0.5, 0.6) is 23.1 Å². The fourth-order valence-corrected chi connectivity index (χ4v) is 11.0. The second-order valence-electron chi connectivity index (χ2n) is 21.3. The third kappa shape index (κ3) is 14.0. The number of likely N-dealkylation sites (N-methyl/N-ethyl adjacent to an activating group) is 1. The van der Waals surface area contributed by atoms with Crippen LogP contribution in [-0.4, -0.2) is 152 Å². The number of aromatic nitrogens is 4. The van der Waals surface area contributed by atoms with E-state index in [1.54, 1.807) is 45.2 Å². The SMILES string of the molecule is Cc1c(Cl)c2c(Cl)c(C)c1-c1c(-c3ccc(F)cc3)sc3ncnc(c13)O[C@@H](C(=O)OC(C)(C)C)Cc1cc(ccc1OCc1ccnc(C(C)(C)COCCOC[C@H]3COCCO3)n1)OC[C@@H](CN1CCN(C)CC1)O2. The first-order valence-corrected chi connectivity index (χ1v) is 27.5. The van der Waals surface area contributed by atoms with Crippen molar-refractivity contribution in [3.8, 4) is 44.7 Å². The van der Waals surface area contributed by atoms with Crippen molar-refractivity contribution in [2.75, 3.05) is 92.6 Å². The average Bonchev–Trinajstić information content (AvgIpc) is 3.80. The van der Waals surface area contributed by atoms with E-state index >= 15 is 0 Å². The Balaban J connectivity index is 1.08. The Labute approximate surface area is 463 Å². The maximum atomic E-state index is 14.6. The molecule has 4 aliphatic rings. The number of hydrogen-bond acceptors (Lipinski definition) is 17. The van der Waals surface area contributed by atoms with Gasteiger partial charge in [-0.05, 0) is 100 Å². The van der Waals surface area contributed by atoms with E-state index in [4.69, 9.17) is 80.8 Å². The Hall–Kier alpha value is -5.28. The fraction of sp³-hybridized carbons (Fsp3) is 0.491. The number of thiophene rings is 1. The number of esters is 1. The highest BCUT2D eigenvalue weighted by Gasteiger charge is 2.34. The number of piperazine rings is 1. The first-order valence-electron chi connectivity index (χ1n) is 26.0. The smallest absolute Gasteiger partial charge is 0.348 e. The lowest BCUT2D eigenvalue weighted by atomic mass is 9.92. The Bertz CT molecular complexity index is 2990. The molecule has 0 saturated carbocycles. The summed E-state index contributed by atoms with van der Waals surface area (Å²) in [7, 11) is 2.11. The number of carbonyl (C=O) groups excluding carboxylic acids is 1. The molecule has 0 aliphatic carbocycles. The lowest BCUT2D eigenvalue weighted by Crippen LogP contribution is -2.49. The van der Waals surface area contributed by atoms with Crippen LogP contribution in [0.25, 0.3) is 31.8 Å². The molecule has 3 aromatic heterocycles. The molecular formula is C57H67Cl2FN6O10S. The van der Waals surface area contributed by atoms with Gasteiger partial charge in [-0.15, -0.1) is 11.3 Å². The van der Waals surface area contributed by atoms with Crippen molar-refractivity contribution < 1.29 is 51.8 Å². The van der Waals surface area contributed by atoms with Gasteiger partial charge in [0.2, 0.25) is 12.0 Å². The maximum Gasteiger partial charge on any atom is 0.348 e. The van der Waals surface area contributed by atoms with Crippen LogP contribution in [0.4, 0.5) is 4.39 Å². The highest BCUT2D eigenvalue weighted by Crippen LogP contribution is 2.53. The van der Waals surface area contributed by atoms with Crippen LogP contribution in [0.1, 0.15) is 62.8 Å². The summed E-state index contributed by atoms with van der Waals surface area (Å²) in [4.78, 5) is 39.6. The van der Waals surface area contributed by atoms with Crippen molar-refractivity contribution in [2.24, 2.45) is 0 Å². The molecule has 3 atom stereocenters. The van der Waals surface area contributed by atoms with Crippen molar-refractivity contribution in [1.82, 2.24) is 29.7 Å². The van der Waals surface area contributed by atoms with Crippen LogP contribution in [0.2, 0.25) is 10.0 Å². The third-order valence-corrected chi connectivity index (χ3v) is 15.5. The Morgan fingerprint density at radius 2 is 1.62 bits per heavy atom. The molecule has 7 heterocycles. The normalized spacial score (nSPS) is 18.8. The standard InChI is InChI=1S/C57H67Cl2FN6O10S/c1-34-45-35(2)49(59)50(48(34)58)74-41(27-66-19-17-65(8)18-20-66)31-72-40-13-14-43(73-28-39-15-16-61-55(64-39)57(6,7)32-70-22-21-68-29-42-30-69-23-24-71-42)37(25-40)26-44(54(67)76-56(3,4)5)75-52-47-46(45)51(77-53(47)63-33-62-52)36-9-11-38(60)12-10-36/h9-16,25,33,41-42,44H,17-24,26-32H2,1-8H3/t41-,42+,44-/m1/s1. The van der Waals surface area contributed by atoms with Crippen LogP contribution in [0.3, 0.4) is 0 Å². The quantitative estimate of drug-likeness (QED) is 0.0706. The van der Waals surface area contributed by atoms with Gasteiger partial charge in [-0.3, -0.25) is 4.90 Å². The average molecular weight is 1120 g/mol. The molecular weight excluding hydrogens is 1050 g/mol. The molecule has 77 heavy (non-hydrogen) atoms. The highest BCUT2D eigenvalue weighted by molar-refractivity contribution is 7.22. The third-order valence-electron chi connectivity index (χ3n) is 13.5. The molecule has 2 saturated heterocycles. The zero-order valence-electron chi connectivity index (χ0n) is 44.9. The highest BCUT2D eigenvalue weighted by atomic mass is 35.5. The van der Waals surface area contributed by atoms with Crippen LogP contribution < -0.4 is 18.9 Å². The summed E-state index contributed by atoms with van der Waals surface area (Å²) in [5, 5.41) is 1.13. The first kappa shape index (κ1) is 56.4. The van der Waals surface area contributed by atoms with E-state index in [-0.39, 0.29) is 37.4 Å². The van der Waals surface area contributed by atoms with Gasteiger partial charge in [0, 0.05) is 66.8 Å². The summed E-state index contributed by atoms with van der Waals surface area (Å²) < 4.78 is 70.6. The summed E-state index contributed by atoms with van der Waals surface area (Å²) in [6.45, 7) is 20.7. The van der Waals surface area contributed by atoms with Gasteiger partial charge in [0.1, 0.15) is 65.3 Å². The number of fused-ring (bicyclic) bond motifs is 7. The second kappa shape index (κ2) is 24.8. The zero-order chi connectivity index (χ0) is 54.4. The molecule has 0 amide bonds. The van der Waals surface area contributed by atoms with E-state index in [1.807, 2.05) is 45.9 Å². The van der Waals surface area contributed by atoms with E-state index in [0.717, 1.165) is 31.1 Å². The van der Waals surface area contributed by atoms with Crippen LogP contribution >= 0.6 is 34.5 Å². The van der Waals surface area contributed by atoms with Crippen LogP contribution in [0, 0.1) is 19.7 Å². The number of hydrogen-bond donors (Lipinski definition) is 0. The van der Waals surface area contributed by atoms with Gasteiger partial charge in [-0.1, -0.05) is 49.2 Å². The van der Waals surface area contributed by atoms with E-state index in [2.05, 4.69) is 21.8 Å². The van der Waals surface area contributed by atoms with Crippen molar-refractivity contribution in [1.29, 1.82) is 0 Å². The minimum absolute atomic E-state index is 0.0347. The predicted octanol–water partition coefficient (Wildman–Crippen LogP) is 9.90. The number of carbonyl (C=O) groups is 1. The van der Waals surface area contributed by atoms with Crippen molar-refractivity contribution >= 4 is 50.7 Å². The summed E-state index contributed by atoms with van der Waals surface area (Å²) in [5.41, 5.74) is 3.18. The molecule has 0 unspecified atom stereocenters. The summed E-state index contributed by atoms with van der Waals surface area (Å²) in [6, 6.07) is 13.5. The van der Waals surface area contributed by atoms with Gasteiger partial charge in [-0.25, -0.2) is 29.1 Å². The summed E-state index contributed by atoms with van der Waals surface area (Å²) >= 11 is 16.2. The second-order valence-corrected chi connectivity index (χ2v) is 23.0. The van der Waals surface area contributed by atoms with Gasteiger partial charge in [0.05, 0.1) is 67.4 Å². The number of nitrogens with zero attached hydrogens (tertiary/aromatic N) is 6. The lowest BCUT2D eigenvalue weighted by Gasteiger charge is -2.35.